The van der Waals surface area contributed by atoms with E-state index in [0.717, 1.165) is 47.3 Å². The lowest BCUT2D eigenvalue weighted by molar-refractivity contribution is -0.0563. The number of rotatable bonds is 7. The predicted molar refractivity (Wildman–Crippen MR) is 152 cm³/mol. The van der Waals surface area contributed by atoms with E-state index in [1.807, 2.05) is 27.7 Å². The van der Waals surface area contributed by atoms with Gasteiger partial charge >= 0.3 is 0 Å². The van der Waals surface area contributed by atoms with E-state index in [2.05, 4.69) is 55.4 Å². The van der Waals surface area contributed by atoms with E-state index in [1.165, 1.54) is 70.6 Å². The molecule has 0 aromatic rings. The third-order valence-corrected chi connectivity index (χ3v) is 11.2. The van der Waals surface area contributed by atoms with Gasteiger partial charge in [-0.1, -0.05) is 109 Å². The van der Waals surface area contributed by atoms with E-state index in [0.29, 0.717) is 10.8 Å². The molecule has 3 aliphatic carbocycles. The Hall–Kier alpha value is 0. The Morgan fingerprint density at radius 2 is 1.30 bits per heavy atom. The third-order valence-electron chi connectivity index (χ3n) is 11.2. The quantitative estimate of drug-likeness (QED) is 0.353. The van der Waals surface area contributed by atoms with Crippen LogP contribution in [0.2, 0.25) is 0 Å². The Morgan fingerprint density at radius 1 is 0.727 bits per heavy atom. The van der Waals surface area contributed by atoms with Crippen molar-refractivity contribution in [2.75, 3.05) is 0 Å². The van der Waals surface area contributed by atoms with Crippen LogP contribution in [0.3, 0.4) is 0 Å². The average molecular weight is 463 g/mol. The summed E-state index contributed by atoms with van der Waals surface area (Å²) in [6.07, 6.45) is 16.3. The highest BCUT2D eigenvalue weighted by Gasteiger charge is 2.56. The molecule has 0 N–H and O–H groups in total. The molecular weight excluding hydrogens is 396 g/mol. The van der Waals surface area contributed by atoms with Crippen LogP contribution in [0.15, 0.2) is 0 Å². The fourth-order valence-electron chi connectivity index (χ4n) is 8.93. The molecule has 0 amide bonds. The van der Waals surface area contributed by atoms with E-state index in [4.69, 9.17) is 0 Å². The van der Waals surface area contributed by atoms with Crippen molar-refractivity contribution in [2.24, 2.45) is 58.2 Å². The smallest absolute Gasteiger partial charge is 0.0264 e. The zero-order valence-electron chi connectivity index (χ0n) is 25.4. The second-order valence-electron chi connectivity index (χ2n) is 13.1. The summed E-state index contributed by atoms with van der Waals surface area (Å²) in [6, 6.07) is 0. The second-order valence-corrected chi connectivity index (χ2v) is 13.1. The highest BCUT2D eigenvalue weighted by molar-refractivity contribution is 5.05. The van der Waals surface area contributed by atoms with Gasteiger partial charge in [0.2, 0.25) is 0 Å². The Kier molecular flexibility index (Phi) is 13.1. The topological polar surface area (TPSA) is 0 Å². The van der Waals surface area contributed by atoms with Crippen molar-refractivity contribution in [1.29, 1.82) is 0 Å². The first-order valence-corrected chi connectivity index (χ1v) is 15.6. The van der Waals surface area contributed by atoms with Gasteiger partial charge in [0.15, 0.2) is 0 Å². The Labute approximate surface area is 211 Å². The largest absolute Gasteiger partial charge is 0.0683 e. The normalized spacial score (nSPS) is 40.1. The Morgan fingerprint density at radius 3 is 1.82 bits per heavy atom. The van der Waals surface area contributed by atoms with E-state index in [1.54, 1.807) is 0 Å². The Bertz CT molecular complexity index is 510. The monoisotopic (exact) mass is 463 g/mol. The first kappa shape index (κ1) is 31.0. The van der Waals surface area contributed by atoms with Crippen molar-refractivity contribution in [3.63, 3.8) is 0 Å². The summed E-state index contributed by atoms with van der Waals surface area (Å²) in [7, 11) is 0. The van der Waals surface area contributed by atoms with E-state index in [9.17, 15) is 0 Å². The lowest BCUT2D eigenvalue weighted by atomic mass is 9.50. The molecule has 3 saturated carbocycles. The van der Waals surface area contributed by atoms with Gasteiger partial charge in [-0.3, -0.25) is 0 Å². The molecule has 0 bridgehead atoms. The maximum absolute atomic E-state index is 2.73. The molecule has 198 valence electrons. The van der Waals surface area contributed by atoms with Gasteiger partial charge in [0.05, 0.1) is 0 Å². The molecule has 3 fully saturated rings. The van der Waals surface area contributed by atoms with Crippen LogP contribution in [0, 0.1) is 58.2 Å². The first-order chi connectivity index (χ1) is 15.6. The molecule has 0 heteroatoms. The van der Waals surface area contributed by atoms with E-state index in [-0.39, 0.29) is 0 Å². The van der Waals surface area contributed by atoms with Gasteiger partial charge < -0.3 is 0 Å². The van der Waals surface area contributed by atoms with Crippen molar-refractivity contribution in [3.05, 3.63) is 0 Å². The lowest BCUT2D eigenvalue weighted by Gasteiger charge is -2.55. The number of hydrogen-bond donors (Lipinski definition) is 0. The summed E-state index contributed by atoms with van der Waals surface area (Å²) in [5.74, 6) is 7.61. The fraction of sp³-hybridized carbons (Fsp3) is 1.00. The summed E-state index contributed by atoms with van der Waals surface area (Å²) >= 11 is 0. The summed E-state index contributed by atoms with van der Waals surface area (Å²) in [4.78, 5) is 0. The highest BCUT2D eigenvalue weighted by atomic mass is 14.6. The van der Waals surface area contributed by atoms with Gasteiger partial charge in [0.1, 0.15) is 0 Å². The molecule has 3 rings (SSSR count). The zero-order valence-corrected chi connectivity index (χ0v) is 25.4. The molecule has 7 unspecified atom stereocenters. The molecule has 0 aromatic heterocycles. The van der Waals surface area contributed by atoms with Crippen LogP contribution in [0.25, 0.3) is 0 Å². The van der Waals surface area contributed by atoms with Gasteiger partial charge in [-0.15, -0.1) is 0 Å². The van der Waals surface area contributed by atoms with Crippen molar-refractivity contribution < 1.29 is 0 Å². The van der Waals surface area contributed by atoms with Crippen molar-refractivity contribution in [3.8, 4) is 0 Å². The van der Waals surface area contributed by atoms with Crippen molar-refractivity contribution in [1.82, 2.24) is 0 Å². The van der Waals surface area contributed by atoms with Crippen LogP contribution >= 0.6 is 0 Å². The minimum Gasteiger partial charge on any atom is -0.0683 e. The molecule has 0 aromatic carbocycles. The fourth-order valence-corrected chi connectivity index (χ4v) is 8.93. The molecule has 3 aliphatic rings. The van der Waals surface area contributed by atoms with E-state index < -0.39 is 0 Å². The predicted octanol–water partition coefficient (Wildman–Crippen LogP) is 11.4. The molecule has 0 aliphatic heterocycles. The van der Waals surface area contributed by atoms with E-state index >= 15 is 0 Å². The maximum atomic E-state index is 2.73. The number of fused-ring (bicyclic) bond motifs is 1. The first-order valence-electron chi connectivity index (χ1n) is 15.6. The second kappa shape index (κ2) is 13.9. The summed E-state index contributed by atoms with van der Waals surface area (Å²) in [5, 5.41) is 0. The van der Waals surface area contributed by atoms with Crippen LogP contribution in [-0.2, 0) is 0 Å². The van der Waals surface area contributed by atoms with Crippen LogP contribution in [0.5, 0.6) is 0 Å². The van der Waals surface area contributed by atoms with Gasteiger partial charge in [0, 0.05) is 0 Å². The van der Waals surface area contributed by atoms with Gasteiger partial charge in [0.25, 0.3) is 0 Å². The molecule has 0 spiro atoms. The van der Waals surface area contributed by atoms with Crippen molar-refractivity contribution >= 4 is 0 Å². The minimum absolute atomic E-state index is 0.632. The molecule has 0 saturated heterocycles. The van der Waals surface area contributed by atoms with Gasteiger partial charge in [-0.05, 0) is 103 Å². The van der Waals surface area contributed by atoms with Crippen LogP contribution in [-0.4, -0.2) is 0 Å². The van der Waals surface area contributed by atoms with Crippen LogP contribution in [0.4, 0.5) is 0 Å². The SMILES string of the molecule is CC.CC.CCC(CCC(C)C1CCC2C(C)C(C3(C)CCC(C)CC3)CCC12C)C(C)C. The lowest BCUT2D eigenvalue weighted by Crippen LogP contribution is -2.47. The van der Waals surface area contributed by atoms with Crippen LogP contribution in [0.1, 0.15) is 154 Å². The molecule has 7 atom stereocenters. The third kappa shape index (κ3) is 7.03. The summed E-state index contributed by atoms with van der Waals surface area (Å²) in [5.41, 5.74) is 1.27. The minimum atomic E-state index is 0.632. The maximum Gasteiger partial charge on any atom is -0.0264 e. The molecular formula is C33H66. The van der Waals surface area contributed by atoms with Crippen molar-refractivity contribution in [2.45, 2.75) is 154 Å². The molecule has 0 heterocycles. The highest BCUT2D eigenvalue weighted by Crippen LogP contribution is 2.64. The summed E-state index contributed by atoms with van der Waals surface area (Å²) in [6.45, 7) is 28.4. The Balaban J connectivity index is 0.00000129. The zero-order chi connectivity index (χ0) is 25.4. The van der Waals surface area contributed by atoms with Crippen LogP contribution < -0.4 is 0 Å². The molecule has 33 heavy (non-hydrogen) atoms. The summed E-state index contributed by atoms with van der Waals surface area (Å²) < 4.78 is 0. The number of hydrogen-bond acceptors (Lipinski definition) is 0. The average Bonchev–Trinajstić information content (AvgIpc) is 3.17. The van der Waals surface area contributed by atoms with Gasteiger partial charge in [-0.25, -0.2) is 0 Å². The van der Waals surface area contributed by atoms with Gasteiger partial charge in [-0.2, -0.15) is 0 Å². The standard InChI is InChI=1S/C29H54.2C2H6/c1-9-24(20(2)3)11-10-22(5)25-12-13-27-23(6)26(16-19-29(25,27)8)28(7)17-14-21(4)15-18-28;2*1-2/h20-27H,9-19H2,1-8H3;2*1-2H3. The molecule has 0 radical (unpaired) electrons. The molecule has 0 nitrogen and oxygen atoms in total.